The first kappa shape index (κ1) is 18.7. The van der Waals surface area contributed by atoms with E-state index in [1.807, 2.05) is 48.5 Å². The molecular formula is C21H23BrN2O2. The predicted octanol–water partition coefficient (Wildman–Crippen LogP) is 4.48. The van der Waals surface area contributed by atoms with E-state index in [0.717, 1.165) is 54.0 Å². The molecule has 26 heavy (non-hydrogen) atoms. The number of benzene rings is 2. The van der Waals surface area contributed by atoms with Gasteiger partial charge in [-0.05, 0) is 67.8 Å². The zero-order chi connectivity index (χ0) is 18.2. The Morgan fingerprint density at radius 2 is 2.00 bits per heavy atom. The molecule has 2 aromatic carbocycles. The van der Waals surface area contributed by atoms with Crippen LogP contribution in [-0.4, -0.2) is 25.6 Å². The van der Waals surface area contributed by atoms with E-state index in [-0.39, 0.29) is 5.91 Å². The van der Waals surface area contributed by atoms with Gasteiger partial charge in [0, 0.05) is 22.3 Å². The van der Waals surface area contributed by atoms with E-state index < -0.39 is 0 Å². The van der Waals surface area contributed by atoms with Crippen LogP contribution in [0.2, 0.25) is 0 Å². The fourth-order valence-corrected chi connectivity index (χ4v) is 3.31. The van der Waals surface area contributed by atoms with Crippen molar-refractivity contribution in [3.63, 3.8) is 0 Å². The van der Waals surface area contributed by atoms with Gasteiger partial charge < -0.3 is 15.4 Å². The minimum absolute atomic E-state index is 0.166. The van der Waals surface area contributed by atoms with Crippen molar-refractivity contribution in [3.05, 3.63) is 64.6 Å². The minimum atomic E-state index is -0.166. The molecule has 136 valence electrons. The highest BCUT2D eigenvalue weighted by Crippen LogP contribution is 2.20. The number of halogens is 1. The highest BCUT2D eigenvalue weighted by Gasteiger charge is 2.13. The van der Waals surface area contributed by atoms with Crippen LogP contribution >= 0.6 is 15.9 Å². The number of carbonyl (C=O) groups is 1. The lowest BCUT2D eigenvalue weighted by Crippen LogP contribution is -2.30. The second kappa shape index (κ2) is 9.55. The van der Waals surface area contributed by atoms with Crippen molar-refractivity contribution >= 4 is 33.6 Å². The Balaban J connectivity index is 1.53. The molecule has 1 fully saturated rings. The lowest BCUT2D eigenvalue weighted by Gasteiger charge is -2.22. The number of anilines is 1. The Labute approximate surface area is 162 Å². The smallest absolute Gasteiger partial charge is 0.248 e. The van der Waals surface area contributed by atoms with Gasteiger partial charge in [0.25, 0.3) is 0 Å². The van der Waals surface area contributed by atoms with E-state index in [9.17, 15) is 4.79 Å². The molecule has 4 nitrogen and oxygen atoms in total. The summed E-state index contributed by atoms with van der Waals surface area (Å²) in [6.45, 7) is 2.85. The van der Waals surface area contributed by atoms with E-state index in [4.69, 9.17) is 4.74 Å². The van der Waals surface area contributed by atoms with Crippen LogP contribution in [0.15, 0.2) is 59.1 Å². The van der Waals surface area contributed by atoms with Crippen molar-refractivity contribution in [2.45, 2.75) is 12.8 Å². The van der Waals surface area contributed by atoms with Gasteiger partial charge in [0.2, 0.25) is 5.91 Å². The molecule has 0 saturated carbocycles. The van der Waals surface area contributed by atoms with E-state index >= 15 is 0 Å². The molecule has 1 saturated heterocycles. The maximum absolute atomic E-state index is 12.1. The summed E-state index contributed by atoms with van der Waals surface area (Å²) in [4.78, 5) is 12.1. The van der Waals surface area contributed by atoms with Gasteiger partial charge in [0.1, 0.15) is 5.75 Å². The number of hydrogen-bond acceptors (Lipinski definition) is 3. The van der Waals surface area contributed by atoms with Crippen LogP contribution in [0, 0.1) is 5.92 Å². The first-order chi connectivity index (χ1) is 12.7. The van der Waals surface area contributed by atoms with E-state index in [0.29, 0.717) is 5.92 Å². The standard InChI is InChI=1S/C21H23BrN2O2/c22-18-4-1-3-16(13-18)7-8-21(25)24-19-5-2-6-20(14-19)26-15-17-9-11-23-12-10-17/h1-8,13-14,17,23H,9-12,15H2,(H,24,25). The Morgan fingerprint density at radius 1 is 1.19 bits per heavy atom. The summed E-state index contributed by atoms with van der Waals surface area (Å²) in [6, 6.07) is 15.3. The molecule has 1 amide bonds. The van der Waals surface area contributed by atoms with E-state index in [1.54, 1.807) is 6.08 Å². The highest BCUT2D eigenvalue weighted by molar-refractivity contribution is 9.10. The van der Waals surface area contributed by atoms with Gasteiger partial charge in [-0.15, -0.1) is 0 Å². The SMILES string of the molecule is O=C(C=Cc1cccc(Br)c1)Nc1cccc(OCC2CCNCC2)c1. The topological polar surface area (TPSA) is 50.4 Å². The summed E-state index contributed by atoms with van der Waals surface area (Å²) in [7, 11) is 0. The summed E-state index contributed by atoms with van der Waals surface area (Å²) < 4.78 is 6.89. The molecule has 5 heteroatoms. The molecule has 1 aliphatic heterocycles. The fraction of sp³-hybridized carbons (Fsp3) is 0.286. The van der Waals surface area contributed by atoms with Gasteiger partial charge in [0.05, 0.1) is 6.61 Å². The summed E-state index contributed by atoms with van der Waals surface area (Å²) in [5.74, 6) is 1.22. The largest absolute Gasteiger partial charge is 0.493 e. The number of carbonyl (C=O) groups excluding carboxylic acids is 1. The molecule has 0 aromatic heterocycles. The highest BCUT2D eigenvalue weighted by atomic mass is 79.9. The van der Waals surface area contributed by atoms with Gasteiger partial charge in [-0.25, -0.2) is 0 Å². The molecule has 3 rings (SSSR count). The van der Waals surface area contributed by atoms with Crippen LogP contribution in [0.1, 0.15) is 18.4 Å². The first-order valence-electron chi connectivity index (χ1n) is 8.87. The molecule has 2 aromatic rings. The summed E-state index contributed by atoms with van der Waals surface area (Å²) >= 11 is 3.42. The van der Waals surface area contributed by atoms with Crippen LogP contribution in [-0.2, 0) is 4.79 Å². The van der Waals surface area contributed by atoms with Crippen LogP contribution < -0.4 is 15.4 Å². The average molecular weight is 415 g/mol. The summed E-state index contributed by atoms with van der Waals surface area (Å²) in [5.41, 5.74) is 1.70. The normalized spacial score (nSPS) is 15.1. The molecule has 0 spiro atoms. The summed E-state index contributed by atoms with van der Waals surface area (Å²) in [6.07, 6.45) is 5.62. The third-order valence-electron chi connectivity index (χ3n) is 4.32. The molecule has 1 aliphatic rings. The Hall–Kier alpha value is -2.11. The van der Waals surface area contributed by atoms with E-state index in [1.165, 1.54) is 6.08 Å². The Kier molecular flexibility index (Phi) is 6.86. The Bertz CT molecular complexity index is 770. The molecule has 0 aliphatic carbocycles. The van der Waals surface area contributed by atoms with Crippen LogP contribution in [0.3, 0.4) is 0 Å². The zero-order valence-electron chi connectivity index (χ0n) is 14.6. The third-order valence-corrected chi connectivity index (χ3v) is 4.82. The van der Waals surface area contributed by atoms with Crippen LogP contribution in [0.4, 0.5) is 5.69 Å². The summed E-state index contributed by atoms with van der Waals surface area (Å²) in [5, 5.41) is 6.24. The van der Waals surface area contributed by atoms with Crippen molar-refractivity contribution < 1.29 is 9.53 Å². The number of ether oxygens (including phenoxy) is 1. The van der Waals surface area contributed by atoms with Gasteiger partial charge in [-0.3, -0.25) is 4.79 Å². The number of rotatable bonds is 6. The molecule has 0 radical (unpaired) electrons. The molecule has 0 unspecified atom stereocenters. The van der Waals surface area contributed by atoms with Crippen molar-refractivity contribution in [1.29, 1.82) is 0 Å². The van der Waals surface area contributed by atoms with Gasteiger partial charge in [-0.1, -0.05) is 34.1 Å². The molecule has 2 N–H and O–H groups in total. The Morgan fingerprint density at radius 3 is 2.81 bits per heavy atom. The molecule has 0 bridgehead atoms. The maximum Gasteiger partial charge on any atom is 0.248 e. The minimum Gasteiger partial charge on any atom is -0.493 e. The molecule has 0 atom stereocenters. The first-order valence-corrected chi connectivity index (χ1v) is 9.66. The van der Waals surface area contributed by atoms with Crippen LogP contribution in [0.5, 0.6) is 5.75 Å². The lowest BCUT2D eigenvalue weighted by molar-refractivity contribution is -0.111. The zero-order valence-corrected chi connectivity index (χ0v) is 16.2. The monoisotopic (exact) mass is 414 g/mol. The van der Waals surface area contributed by atoms with Crippen molar-refractivity contribution in [2.24, 2.45) is 5.92 Å². The number of hydrogen-bond donors (Lipinski definition) is 2. The molecular weight excluding hydrogens is 392 g/mol. The quantitative estimate of drug-likeness (QED) is 0.685. The number of piperidine rings is 1. The third kappa shape index (κ3) is 6.00. The lowest BCUT2D eigenvalue weighted by atomic mass is 9.99. The van der Waals surface area contributed by atoms with Gasteiger partial charge in [0.15, 0.2) is 0 Å². The van der Waals surface area contributed by atoms with Crippen molar-refractivity contribution in [3.8, 4) is 5.75 Å². The second-order valence-corrected chi connectivity index (χ2v) is 7.33. The fourth-order valence-electron chi connectivity index (χ4n) is 2.89. The number of amides is 1. The predicted molar refractivity (Wildman–Crippen MR) is 109 cm³/mol. The van der Waals surface area contributed by atoms with Gasteiger partial charge >= 0.3 is 0 Å². The van der Waals surface area contributed by atoms with E-state index in [2.05, 4.69) is 26.6 Å². The molecule has 1 heterocycles. The van der Waals surface area contributed by atoms with Crippen molar-refractivity contribution in [1.82, 2.24) is 5.32 Å². The maximum atomic E-state index is 12.1. The van der Waals surface area contributed by atoms with Crippen molar-refractivity contribution in [2.75, 3.05) is 25.0 Å². The second-order valence-electron chi connectivity index (χ2n) is 6.41. The number of nitrogens with one attached hydrogen (secondary N) is 2. The van der Waals surface area contributed by atoms with Crippen LogP contribution in [0.25, 0.3) is 6.08 Å². The average Bonchev–Trinajstić information content (AvgIpc) is 2.66. The van der Waals surface area contributed by atoms with Gasteiger partial charge in [-0.2, -0.15) is 0 Å².